The number of aromatic nitrogens is 2. The van der Waals surface area contributed by atoms with Gasteiger partial charge in [0.2, 0.25) is 5.91 Å². The summed E-state index contributed by atoms with van der Waals surface area (Å²) in [5.41, 5.74) is 1.07. The Kier molecular flexibility index (Phi) is 4.37. The van der Waals surface area contributed by atoms with Gasteiger partial charge >= 0.3 is 0 Å². The molecule has 1 amide bonds. The molecule has 1 aliphatic heterocycles. The molecule has 2 aromatic rings. The first-order chi connectivity index (χ1) is 11.0. The van der Waals surface area contributed by atoms with E-state index in [4.69, 9.17) is 11.6 Å². The van der Waals surface area contributed by atoms with E-state index in [-0.39, 0.29) is 17.5 Å². The topological polar surface area (TPSA) is 57.9 Å². The van der Waals surface area contributed by atoms with Gasteiger partial charge in [0.05, 0.1) is 16.8 Å². The summed E-state index contributed by atoms with van der Waals surface area (Å²) in [5.74, 6) is 0.104. The second kappa shape index (κ2) is 6.29. The highest BCUT2D eigenvalue weighted by Gasteiger charge is 2.31. The predicted octanol–water partition coefficient (Wildman–Crippen LogP) is 1.40. The molecule has 0 aliphatic carbocycles. The van der Waals surface area contributed by atoms with Crippen LogP contribution in [0, 0.1) is 0 Å². The van der Waals surface area contributed by atoms with Gasteiger partial charge in [-0.1, -0.05) is 11.6 Å². The van der Waals surface area contributed by atoms with Gasteiger partial charge in [-0.2, -0.15) is 0 Å². The lowest BCUT2D eigenvalue weighted by Crippen LogP contribution is -2.42. The summed E-state index contributed by atoms with van der Waals surface area (Å²) in [6.45, 7) is 1.34. The number of carbonyl (C=O) groups is 1. The van der Waals surface area contributed by atoms with Crippen LogP contribution in [0.5, 0.6) is 0 Å². The summed E-state index contributed by atoms with van der Waals surface area (Å²) in [6.07, 6.45) is 3.38. The van der Waals surface area contributed by atoms with Crippen LogP contribution in [0.3, 0.4) is 0 Å². The van der Waals surface area contributed by atoms with Crippen molar-refractivity contribution >= 4 is 23.2 Å². The largest absolute Gasteiger partial charge is 0.347 e. The van der Waals surface area contributed by atoms with Crippen LogP contribution in [-0.2, 0) is 11.3 Å². The Labute approximate surface area is 139 Å². The molecule has 3 heterocycles. The highest BCUT2D eigenvalue weighted by atomic mass is 35.5. The molecule has 1 atom stereocenters. The second-order valence-electron chi connectivity index (χ2n) is 6.02. The van der Waals surface area contributed by atoms with Crippen LogP contribution in [-0.4, -0.2) is 51.8 Å². The Morgan fingerprint density at radius 2 is 2.22 bits per heavy atom. The number of carbonyl (C=O) groups excluding carboxylic acids is 1. The number of nitrogens with zero attached hydrogens (tertiary/aromatic N) is 4. The molecule has 0 N–H and O–H groups in total. The van der Waals surface area contributed by atoms with Crippen LogP contribution in [0.2, 0.25) is 5.02 Å². The van der Waals surface area contributed by atoms with Crippen LogP contribution >= 0.6 is 11.6 Å². The van der Waals surface area contributed by atoms with Crippen molar-refractivity contribution in [2.75, 3.05) is 20.6 Å². The number of likely N-dealkylation sites (N-methyl/N-ethyl adjacent to an activating group) is 1. The zero-order valence-corrected chi connectivity index (χ0v) is 14.0. The van der Waals surface area contributed by atoms with Crippen LogP contribution in [0.15, 0.2) is 29.2 Å². The minimum atomic E-state index is -0.165. The molecule has 1 unspecified atom stereocenters. The van der Waals surface area contributed by atoms with Gasteiger partial charge in [0.15, 0.2) is 0 Å². The number of fused-ring (bicyclic) bond motifs is 1. The molecule has 0 bridgehead atoms. The van der Waals surface area contributed by atoms with E-state index in [1.54, 1.807) is 37.3 Å². The molecule has 122 valence electrons. The smallest absolute Gasteiger partial charge is 0.258 e. The molecule has 0 spiro atoms. The van der Waals surface area contributed by atoms with Crippen molar-refractivity contribution in [2.45, 2.75) is 25.4 Å². The number of likely N-dealkylation sites (tertiary alicyclic amines) is 1. The number of halogens is 1. The van der Waals surface area contributed by atoms with Crippen molar-refractivity contribution in [3.63, 3.8) is 0 Å². The monoisotopic (exact) mass is 334 g/mol. The lowest BCUT2D eigenvalue weighted by Gasteiger charge is -2.25. The first-order valence-corrected chi connectivity index (χ1v) is 7.96. The van der Waals surface area contributed by atoms with Crippen LogP contribution in [0.4, 0.5) is 0 Å². The van der Waals surface area contributed by atoms with Crippen molar-refractivity contribution in [3.8, 4) is 0 Å². The summed E-state index contributed by atoms with van der Waals surface area (Å²) in [4.78, 5) is 32.7. The molecule has 0 saturated carbocycles. The summed E-state index contributed by atoms with van der Waals surface area (Å²) in [7, 11) is 3.53. The van der Waals surface area contributed by atoms with Gasteiger partial charge in [-0.3, -0.25) is 18.9 Å². The molecule has 6 nitrogen and oxygen atoms in total. The van der Waals surface area contributed by atoms with Crippen molar-refractivity contribution in [1.29, 1.82) is 0 Å². The maximum atomic E-state index is 12.2. The molecule has 2 aromatic heterocycles. The zero-order chi connectivity index (χ0) is 16.6. The Morgan fingerprint density at radius 3 is 2.96 bits per heavy atom. The molecule has 0 radical (unpaired) electrons. The van der Waals surface area contributed by atoms with Gasteiger partial charge in [0.1, 0.15) is 5.65 Å². The standard InChI is InChI=1S/C16H19ClN4O2/c1-19(2)16(23)13-4-3-7-20(13)10-12-8-15(22)21-9-11(17)5-6-14(21)18-12/h5-6,8-9,13H,3-4,7,10H2,1-2H3. The fraction of sp³-hybridized carbons (Fsp3) is 0.438. The summed E-state index contributed by atoms with van der Waals surface area (Å²) >= 11 is 5.91. The van der Waals surface area contributed by atoms with Crippen molar-refractivity contribution < 1.29 is 4.79 Å². The lowest BCUT2D eigenvalue weighted by molar-refractivity contribution is -0.133. The maximum Gasteiger partial charge on any atom is 0.258 e. The number of amides is 1. The zero-order valence-electron chi connectivity index (χ0n) is 13.2. The molecule has 1 saturated heterocycles. The number of hydrogen-bond acceptors (Lipinski definition) is 4. The number of pyridine rings is 1. The van der Waals surface area contributed by atoms with E-state index in [0.717, 1.165) is 19.4 Å². The molecule has 7 heteroatoms. The Morgan fingerprint density at radius 1 is 1.43 bits per heavy atom. The summed E-state index contributed by atoms with van der Waals surface area (Å²) in [5, 5.41) is 0.491. The van der Waals surface area contributed by atoms with Crippen molar-refractivity contribution in [3.05, 3.63) is 45.5 Å². The minimum Gasteiger partial charge on any atom is -0.347 e. The average molecular weight is 335 g/mol. The van der Waals surface area contributed by atoms with Crippen LogP contribution in [0.1, 0.15) is 18.5 Å². The minimum absolute atomic E-state index is 0.104. The Balaban J connectivity index is 1.88. The van der Waals surface area contributed by atoms with Crippen LogP contribution in [0.25, 0.3) is 5.65 Å². The highest BCUT2D eigenvalue weighted by Crippen LogP contribution is 2.21. The third-order valence-corrected chi connectivity index (χ3v) is 4.35. The van der Waals surface area contributed by atoms with E-state index < -0.39 is 0 Å². The lowest BCUT2D eigenvalue weighted by atomic mass is 10.2. The SMILES string of the molecule is CN(C)C(=O)C1CCCN1Cc1cc(=O)n2cc(Cl)ccc2n1. The highest BCUT2D eigenvalue weighted by molar-refractivity contribution is 6.30. The van der Waals surface area contributed by atoms with Gasteiger partial charge in [-0.15, -0.1) is 0 Å². The van der Waals surface area contributed by atoms with E-state index in [1.165, 1.54) is 10.5 Å². The first kappa shape index (κ1) is 16.0. The van der Waals surface area contributed by atoms with Gasteiger partial charge in [0.25, 0.3) is 5.56 Å². The number of hydrogen-bond donors (Lipinski definition) is 0. The molecule has 0 aromatic carbocycles. The molecule has 23 heavy (non-hydrogen) atoms. The maximum absolute atomic E-state index is 12.2. The molecule has 1 aliphatic rings. The van der Waals surface area contributed by atoms with Gasteiger partial charge in [-0.05, 0) is 31.5 Å². The van der Waals surface area contributed by atoms with Crippen molar-refractivity contribution in [1.82, 2.24) is 19.2 Å². The molecular formula is C16H19ClN4O2. The summed E-state index contributed by atoms with van der Waals surface area (Å²) in [6, 6.07) is 4.82. The second-order valence-corrected chi connectivity index (χ2v) is 6.46. The normalized spacial score (nSPS) is 18.5. The average Bonchev–Trinajstić information content (AvgIpc) is 2.95. The third kappa shape index (κ3) is 3.23. The third-order valence-electron chi connectivity index (χ3n) is 4.13. The fourth-order valence-electron chi connectivity index (χ4n) is 3.01. The Hall–Kier alpha value is -1.92. The quantitative estimate of drug-likeness (QED) is 0.851. The first-order valence-electron chi connectivity index (χ1n) is 7.59. The van der Waals surface area contributed by atoms with E-state index >= 15 is 0 Å². The fourth-order valence-corrected chi connectivity index (χ4v) is 3.17. The molecular weight excluding hydrogens is 316 g/mol. The van der Waals surface area contributed by atoms with Crippen LogP contribution < -0.4 is 5.56 Å². The van der Waals surface area contributed by atoms with E-state index in [2.05, 4.69) is 9.88 Å². The van der Waals surface area contributed by atoms with Gasteiger partial charge in [0, 0.05) is 32.9 Å². The summed E-state index contributed by atoms with van der Waals surface area (Å²) < 4.78 is 1.43. The molecule has 1 fully saturated rings. The van der Waals surface area contributed by atoms with E-state index in [0.29, 0.717) is 22.9 Å². The van der Waals surface area contributed by atoms with Gasteiger partial charge < -0.3 is 4.90 Å². The van der Waals surface area contributed by atoms with Gasteiger partial charge in [-0.25, -0.2) is 4.98 Å². The molecule has 3 rings (SSSR count). The van der Waals surface area contributed by atoms with Crippen molar-refractivity contribution in [2.24, 2.45) is 0 Å². The van der Waals surface area contributed by atoms with E-state index in [9.17, 15) is 9.59 Å². The van der Waals surface area contributed by atoms with E-state index in [1.807, 2.05) is 0 Å². The number of rotatable bonds is 3. The Bertz CT molecular complexity index is 802. The predicted molar refractivity (Wildman–Crippen MR) is 88.6 cm³/mol.